The third kappa shape index (κ3) is 5.02. The number of likely N-dealkylation sites (tertiary alicyclic amines) is 1. The molecule has 0 spiro atoms. The van der Waals surface area contributed by atoms with Crippen LogP contribution in [0.4, 0.5) is 0 Å². The molecule has 24 heavy (non-hydrogen) atoms. The first kappa shape index (κ1) is 19.4. The number of carbonyl (C=O) groups excluding carboxylic acids is 2. The van der Waals surface area contributed by atoms with Gasteiger partial charge >= 0.3 is 0 Å². The van der Waals surface area contributed by atoms with Crippen molar-refractivity contribution in [1.82, 2.24) is 10.2 Å². The molecule has 0 aliphatic carbocycles. The Kier molecular flexibility index (Phi) is 7.22. The molecule has 132 valence electrons. The van der Waals surface area contributed by atoms with Crippen molar-refractivity contribution >= 4 is 46.8 Å². The summed E-state index contributed by atoms with van der Waals surface area (Å²) >= 11 is 13.6. The van der Waals surface area contributed by atoms with Crippen LogP contribution >= 0.6 is 35.0 Å². The number of hydrogen-bond acceptors (Lipinski definition) is 4. The Hall–Kier alpha value is -0.950. The molecule has 1 saturated heterocycles. The number of halogens is 2. The van der Waals surface area contributed by atoms with Crippen molar-refractivity contribution in [2.45, 2.75) is 24.9 Å². The molecule has 8 heteroatoms. The van der Waals surface area contributed by atoms with Gasteiger partial charge in [-0.25, -0.2) is 0 Å². The van der Waals surface area contributed by atoms with Crippen LogP contribution in [-0.4, -0.2) is 53.9 Å². The lowest BCUT2D eigenvalue weighted by molar-refractivity contribution is -0.132. The summed E-state index contributed by atoms with van der Waals surface area (Å²) in [6, 6.07) is 4.09. The summed E-state index contributed by atoms with van der Waals surface area (Å²) in [6.45, 7) is 1.17. The highest BCUT2D eigenvalue weighted by Gasteiger charge is 2.30. The molecule has 0 aromatic heterocycles. The molecule has 3 N–H and O–H groups in total. The Morgan fingerprint density at radius 2 is 2.21 bits per heavy atom. The van der Waals surface area contributed by atoms with Gasteiger partial charge in [0.1, 0.15) is 6.04 Å². The van der Waals surface area contributed by atoms with Gasteiger partial charge in [-0.15, -0.1) is 0 Å². The molecule has 0 radical (unpaired) electrons. The van der Waals surface area contributed by atoms with E-state index in [9.17, 15) is 9.59 Å². The third-order valence-corrected chi connectivity index (χ3v) is 5.12. The van der Waals surface area contributed by atoms with Crippen molar-refractivity contribution in [3.63, 3.8) is 0 Å². The Bertz CT molecular complexity index is 615. The normalized spacial score (nSPS) is 18.5. The van der Waals surface area contributed by atoms with Crippen molar-refractivity contribution in [3.05, 3.63) is 33.8 Å². The molecule has 5 nitrogen and oxygen atoms in total. The Labute approximate surface area is 156 Å². The van der Waals surface area contributed by atoms with Crippen LogP contribution in [0.5, 0.6) is 0 Å². The molecule has 2 rings (SSSR count). The van der Waals surface area contributed by atoms with Crippen molar-refractivity contribution in [3.8, 4) is 0 Å². The summed E-state index contributed by atoms with van der Waals surface area (Å²) < 4.78 is 0. The largest absolute Gasteiger partial charge is 0.340 e. The average Bonchev–Trinajstić information content (AvgIpc) is 2.97. The van der Waals surface area contributed by atoms with Crippen LogP contribution in [0.15, 0.2) is 18.2 Å². The summed E-state index contributed by atoms with van der Waals surface area (Å²) in [6.07, 6.45) is 3.31. The molecule has 2 atom stereocenters. The number of carbonyl (C=O) groups is 2. The highest BCUT2D eigenvalue weighted by molar-refractivity contribution is 7.98. The van der Waals surface area contributed by atoms with E-state index in [0.717, 1.165) is 12.2 Å². The lowest BCUT2D eigenvalue weighted by atomic mass is 10.1. The molecule has 1 aromatic carbocycles. The Morgan fingerprint density at radius 1 is 1.46 bits per heavy atom. The number of hydrogen-bond donors (Lipinski definition) is 2. The van der Waals surface area contributed by atoms with Gasteiger partial charge in [0.25, 0.3) is 5.91 Å². The summed E-state index contributed by atoms with van der Waals surface area (Å²) in [7, 11) is 0. The average molecular weight is 390 g/mol. The van der Waals surface area contributed by atoms with E-state index in [-0.39, 0.29) is 22.9 Å². The fourth-order valence-electron chi connectivity index (χ4n) is 2.61. The van der Waals surface area contributed by atoms with Crippen molar-refractivity contribution in [2.24, 2.45) is 5.73 Å². The molecule has 2 amide bonds. The molecule has 0 bridgehead atoms. The number of nitrogens with two attached hydrogens (primary N) is 1. The highest BCUT2D eigenvalue weighted by Crippen LogP contribution is 2.21. The fourth-order valence-corrected chi connectivity index (χ4v) is 3.58. The van der Waals surface area contributed by atoms with E-state index in [1.165, 1.54) is 6.07 Å². The second kappa shape index (κ2) is 8.94. The number of thioether (sulfide) groups is 1. The molecule has 1 aliphatic heterocycles. The number of benzene rings is 1. The molecule has 1 unspecified atom stereocenters. The van der Waals surface area contributed by atoms with Crippen molar-refractivity contribution < 1.29 is 9.59 Å². The molecular weight excluding hydrogens is 369 g/mol. The van der Waals surface area contributed by atoms with Crippen LogP contribution in [0.2, 0.25) is 10.0 Å². The van der Waals surface area contributed by atoms with Gasteiger partial charge in [0.2, 0.25) is 5.91 Å². The van der Waals surface area contributed by atoms with Crippen LogP contribution in [0.25, 0.3) is 0 Å². The van der Waals surface area contributed by atoms with Gasteiger partial charge in [0, 0.05) is 24.2 Å². The molecule has 1 fully saturated rings. The SMILES string of the molecule is CSCCC(NC(=O)c1ccc(Cl)cc1Cl)C(=O)N1CC[C@@H](N)C1. The van der Waals surface area contributed by atoms with Crippen LogP contribution in [-0.2, 0) is 4.79 Å². The second-order valence-corrected chi connectivity index (χ2v) is 7.59. The minimum absolute atomic E-state index is 0.0107. The zero-order chi connectivity index (χ0) is 17.7. The topological polar surface area (TPSA) is 75.4 Å². The van der Waals surface area contributed by atoms with E-state index in [1.807, 2.05) is 6.26 Å². The van der Waals surface area contributed by atoms with Gasteiger partial charge in [0.05, 0.1) is 10.6 Å². The third-order valence-electron chi connectivity index (χ3n) is 3.93. The second-order valence-electron chi connectivity index (χ2n) is 5.76. The van der Waals surface area contributed by atoms with E-state index >= 15 is 0 Å². The molecular formula is C16H21Cl2N3O2S. The maximum Gasteiger partial charge on any atom is 0.253 e. The summed E-state index contributed by atoms with van der Waals surface area (Å²) in [4.78, 5) is 26.9. The predicted octanol–water partition coefficient (Wildman–Crippen LogP) is 2.40. The Morgan fingerprint density at radius 3 is 2.79 bits per heavy atom. The first-order valence-electron chi connectivity index (χ1n) is 7.71. The molecule has 1 aromatic rings. The van der Waals surface area contributed by atoms with E-state index in [1.54, 1.807) is 28.8 Å². The Balaban J connectivity index is 2.09. The van der Waals surface area contributed by atoms with E-state index < -0.39 is 6.04 Å². The quantitative estimate of drug-likeness (QED) is 0.782. The van der Waals surface area contributed by atoms with E-state index in [0.29, 0.717) is 30.1 Å². The van der Waals surface area contributed by atoms with E-state index in [2.05, 4.69) is 5.32 Å². The van der Waals surface area contributed by atoms with Gasteiger partial charge in [-0.2, -0.15) is 11.8 Å². The minimum atomic E-state index is -0.581. The lowest BCUT2D eigenvalue weighted by Crippen LogP contribution is -2.48. The first-order valence-corrected chi connectivity index (χ1v) is 9.86. The van der Waals surface area contributed by atoms with Crippen LogP contribution in [0, 0.1) is 0 Å². The lowest BCUT2D eigenvalue weighted by Gasteiger charge is -2.24. The maximum absolute atomic E-state index is 12.7. The number of nitrogens with zero attached hydrogens (tertiary/aromatic N) is 1. The summed E-state index contributed by atoms with van der Waals surface area (Å²) in [5.41, 5.74) is 6.18. The zero-order valence-electron chi connectivity index (χ0n) is 13.4. The summed E-state index contributed by atoms with van der Waals surface area (Å²) in [5.74, 6) is 0.306. The van der Waals surface area contributed by atoms with Gasteiger partial charge in [-0.1, -0.05) is 23.2 Å². The monoisotopic (exact) mass is 389 g/mol. The number of nitrogens with one attached hydrogen (secondary N) is 1. The molecule has 1 aliphatic rings. The smallest absolute Gasteiger partial charge is 0.253 e. The highest BCUT2D eigenvalue weighted by atomic mass is 35.5. The van der Waals surface area contributed by atoms with Crippen molar-refractivity contribution in [1.29, 1.82) is 0 Å². The molecule has 1 heterocycles. The van der Waals surface area contributed by atoms with E-state index in [4.69, 9.17) is 28.9 Å². The first-order chi connectivity index (χ1) is 11.4. The predicted molar refractivity (Wildman–Crippen MR) is 99.9 cm³/mol. The molecule has 0 saturated carbocycles. The minimum Gasteiger partial charge on any atom is -0.340 e. The fraction of sp³-hybridized carbons (Fsp3) is 0.500. The summed E-state index contributed by atoms with van der Waals surface area (Å²) in [5, 5.41) is 3.53. The van der Waals surface area contributed by atoms with Crippen molar-refractivity contribution in [2.75, 3.05) is 25.1 Å². The van der Waals surface area contributed by atoms with Gasteiger partial charge in [0.15, 0.2) is 0 Å². The zero-order valence-corrected chi connectivity index (χ0v) is 15.8. The van der Waals surface area contributed by atoms with Crippen LogP contribution in [0.3, 0.4) is 0 Å². The maximum atomic E-state index is 12.7. The number of amides is 2. The van der Waals surface area contributed by atoms with Gasteiger partial charge < -0.3 is 16.0 Å². The van der Waals surface area contributed by atoms with Gasteiger partial charge in [-0.3, -0.25) is 9.59 Å². The standard InChI is InChI=1S/C16H21Cl2N3O2S/c1-24-7-5-14(16(23)21-6-4-11(19)9-21)20-15(22)12-3-2-10(17)8-13(12)18/h2-3,8,11,14H,4-7,9,19H2,1H3,(H,20,22)/t11-,14?/m1/s1. The van der Waals surface area contributed by atoms with Gasteiger partial charge in [-0.05, 0) is 43.0 Å². The van der Waals surface area contributed by atoms with Crippen LogP contribution < -0.4 is 11.1 Å². The van der Waals surface area contributed by atoms with Crippen LogP contribution in [0.1, 0.15) is 23.2 Å². The number of rotatable bonds is 6.